The van der Waals surface area contributed by atoms with Gasteiger partial charge in [-0.3, -0.25) is 4.79 Å². The molecule has 5 heteroatoms. The summed E-state index contributed by atoms with van der Waals surface area (Å²) in [7, 11) is 0. The number of esters is 2. The third kappa shape index (κ3) is 3.53. The predicted molar refractivity (Wildman–Crippen MR) is 135 cm³/mol. The molecule has 0 fully saturated rings. The second-order valence-corrected chi connectivity index (χ2v) is 9.36. The molecule has 4 nitrogen and oxygen atoms in total. The molecule has 2 bridgehead atoms. The van der Waals surface area contributed by atoms with Crippen LogP contribution in [0.15, 0.2) is 91.5 Å². The highest BCUT2D eigenvalue weighted by Crippen LogP contribution is 2.56. The van der Waals surface area contributed by atoms with E-state index in [0.29, 0.717) is 33.7 Å². The lowest BCUT2D eigenvalue weighted by Gasteiger charge is -2.44. The summed E-state index contributed by atoms with van der Waals surface area (Å²) in [5.74, 6) is -0.293. The van der Waals surface area contributed by atoms with Gasteiger partial charge in [0.2, 0.25) is 0 Å². The number of hydrogen-bond acceptors (Lipinski definition) is 4. The fourth-order valence-corrected chi connectivity index (χ4v) is 5.82. The van der Waals surface area contributed by atoms with E-state index in [1.54, 1.807) is 12.1 Å². The number of hydrogen-bond donors (Lipinski definition) is 0. The summed E-state index contributed by atoms with van der Waals surface area (Å²) in [5, 5.41) is 2.09. The van der Waals surface area contributed by atoms with Gasteiger partial charge in [0.15, 0.2) is 0 Å². The van der Waals surface area contributed by atoms with Crippen LogP contribution in [0.25, 0.3) is 10.8 Å². The van der Waals surface area contributed by atoms with Gasteiger partial charge in [-0.25, -0.2) is 4.79 Å². The van der Waals surface area contributed by atoms with Gasteiger partial charge in [-0.2, -0.15) is 0 Å². The lowest BCUT2D eigenvalue weighted by molar-refractivity contribution is -0.140. The molecule has 0 aliphatic heterocycles. The SMILES string of the molecule is C=CC(=O)Oc1ccc(OC(=O)C2CC3c4ccccc4C2c2ccc(Cl)cc23)c2ccccc12. The maximum absolute atomic E-state index is 13.6. The van der Waals surface area contributed by atoms with Crippen molar-refractivity contribution in [2.24, 2.45) is 5.92 Å². The average molecular weight is 481 g/mol. The Balaban J connectivity index is 1.37. The summed E-state index contributed by atoms with van der Waals surface area (Å²) in [6, 6.07) is 25.0. The summed E-state index contributed by atoms with van der Waals surface area (Å²) in [6.45, 7) is 3.45. The van der Waals surface area contributed by atoms with E-state index in [2.05, 4.69) is 18.7 Å². The molecular weight excluding hydrogens is 460 g/mol. The van der Waals surface area contributed by atoms with Crippen molar-refractivity contribution < 1.29 is 19.1 Å². The highest BCUT2D eigenvalue weighted by Gasteiger charge is 2.47. The third-order valence-electron chi connectivity index (χ3n) is 7.09. The van der Waals surface area contributed by atoms with E-state index in [1.165, 1.54) is 16.7 Å². The monoisotopic (exact) mass is 480 g/mol. The van der Waals surface area contributed by atoms with Gasteiger partial charge in [-0.1, -0.05) is 72.8 Å². The lowest BCUT2D eigenvalue weighted by Crippen LogP contribution is -2.38. The molecule has 35 heavy (non-hydrogen) atoms. The number of benzene rings is 4. The zero-order valence-electron chi connectivity index (χ0n) is 18.7. The standard InChI is InChI=1S/C30H21ClO4/c1-2-28(32)34-26-13-14-27(20-9-5-4-8-19(20)26)35-30(33)25-16-24-18-7-3-6-10-21(18)29(25)22-12-11-17(31)15-23(22)24/h2-15,24-25,29H,1,16H2. The summed E-state index contributed by atoms with van der Waals surface area (Å²) in [5.41, 5.74) is 4.78. The molecule has 0 heterocycles. The number of carbonyl (C=O) groups excluding carboxylic acids is 2. The molecule has 3 atom stereocenters. The summed E-state index contributed by atoms with van der Waals surface area (Å²) >= 11 is 6.33. The number of carbonyl (C=O) groups is 2. The van der Waals surface area contributed by atoms with Crippen LogP contribution >= 0.6 is 11.6 Å². The van der Waals surface area contributed by atoms with Crippen LogP contribution in [0.4, 0.5) is 0 Å². The second kappa shape index (κ2) is 8.40. The summed E-state index contributed by atoms with van der Waals surface area (Å²) in [4.78, 5) is 25.4. The first-order valence-corrected chi connectivity index (χ1v) is 11.9. The Hall–Kier alpha value is -3.89. The first kappa shape index (κ1) is 21.6. The Morgan fingerprint density at radius 3 is 2.14 bits per heavy atom. The highest BCUT2D eigenvalue weighted by atomic mass is 35.5. The summed E-state index contributed by atoms with van der Waals surface area (Å²) < 4.78 is 11.4. The second-order valence-electron chi connectivity index (χ2n) is 8.93. The topological polar surface area (TPSA) is 52.6 Å². The quantitative estimate of drug-likeness (QED) is 0.183. The number of rotatable bonds is 4. The van der Waals surface area contributed by atoms with Gasteiger partial charge in [-0.05, 0) is 52.9 Å². The van der Waals surface area contributed by atoms with E-state index in [9.17, 15) is 9.59 Å². The number of fused-ring (bicyclic) bond motifs is 2. The van der Waals surface area contributed by atoms with Crippen LogP contribution in [0.5, 0.6) is 11.5 Å². The molecule has 3 aliphatic rings. The van der Waals surface area contributed by atoms with Gasteiger partial charge >= 0.3 is 11.9 Å². The molecular formula is C30H21ClO4. The predicted octanol–water partition coefficient (Wildman–Crippen LogP) is 6.79. The van der Waals surface area contributed by atoms with E-state index < -0.39 is 5.97 Å². The molecule has 7 rings (SSSR count). The summed E-state index contributed by atoms with van der Waals surface area (Å²) in [6.07, 6.45) is 1.78. The average Bonchev–Trinajstić information content (AvgIpc) is 2.89. The molecule has 0 saturated carbocycles. The van der Waals surface area contributed by atoms with Gasteiger partial charge in [-0.15, -0.1) is 0 Å². The minimum Gasteiger partial charge on any atom is -0.426 e. The van der Waals surface area contributed by atoms with Gasteiger partial charge in [0.05, 0.1) is 5.92 Å². The molecule has 0 radical (unpaired) electrons. The Labute approximate surface area is 207 Å². The van der Waals surface area contributed by atoms with Crippen molar-refractivity contribution in [2.45, 2.75) is 18.3 Å². The van der Waals surface area contributed by atoms with Gasteiger partial charge < -0.3 is 9.47 Å². The molecule has 4 aromatic rings. The third-order valence-corrected chi connectivity index (χ3v) is 7.33. The van der Waals surface area contributed by atoms with Crippen LogP contribution in [0, 0.1) is 5.92 Å². The van der Waals surface area contributed by atoms with Crippen molar-refractivity contribution in [1.29, 1.82) is 0 Å². The molecule has 0 spiro atoms. The maximum Gasteiger partial charge on any atom is 0.335 e. The van der Waals surface area contributed by atoms with Crippen LogP contribution in [-0.4, -0.2) is 11.9 Å². The van der Waals surface area contributed by atoms with Crippen LogP contribution in [0.2, 0.25) is 5.02 Å². The largest absolute Gasteiger partial charge is 0.426 e. The zero-order valence-corrected chi connectivity index (χ0v) is 19.5. The molecule has 3 aliphatic carbocycles. The molecule has 3 unspecified atom stereocenters. The number of ether oxygens (including phenoxy) is 2. The molecule has 172 valence electrons. The maximum atomic E-state index is 13.6. The minimum atomic E-state index is -0.546. The van der Waals surface area contributed by atoms with Crippen LogP contribution in [-0.2, 0) is 9.59 Å². The van der Waals surface area contributed by atoms with Crippen molar-refractivity contribution >= 4 is 34.3 Å². The Morgan fingerprint density at radius 1 is 0.800 bits per heavy atom. The molecule has 0 amide bonds. The normalized spacial score (nSPS) is 19.5. The van der Waals surface area contributed by atoms with Crippen molar-refractivity contribution in [1.82, 2.24) is 0 Å². The molecule has 4 aromatic carbocycles. The van der Waals surface area contributed by atoms with Crippen LogP contribution in [0.1, 0.15) is 40.5 Å². The van der Waals surface area contributed by atoms with Gasteiger partial charge in [0.25, 0.3) is 0 Å². The van der Waals surface area contributed by atoms with E-state index in [0.717, 1.165) is 11.6 Å². The zero-order chi connectivity index (χ0) is 24.1. The van der Waals surface area contributed by atoms with Crippen molar-refractivity contribution in [3.63, 3.8) is 0 Å². The highest BCUT2D eigenvalue weighted by molar-refractivity contribution is 6.30. The fourth-order valence-electron chi connectivity index (χ4n) is 5.64. The fraction of sp³-hybridized carbons (Fsp3) is 0.133. The van der Waals surface area contributed by atoms with Crippen molar-refractivity contribution in [3.05, 3.63) is 119 Å². The Morgan fingerprint density at radius 2 is 1.43 bits per heavy atom. The van der Waals surface area contributed by atoms with Gasteiger partial charge in [0.1, 0.15) is 11.5 Å². The molecule has 0 saturated heterocycles. The molecule has 0 N–H and O–H groups in total. The van der Waals surface area contributed by atoms with E-state index in [1.807, 2.05) is 54.6 Å². The van der Waals surface area contributed by atoms with Crippen LogP contribution < -0.4 is 9.47 Å². The van der Waals surface area contributed by atoms with Crippen LogP contribution in [0.3, 0.4) is 0 Å². The van der Waals surface area contributed by atoms with Crippen molar-refractivity contribution in [3.8, 4) is 11.5 Å². The van der Waals surface area contributed by atoms with Gasteiger partial charge in [0, 0.05) is 33.7 Å². The Kier molecular flexibility index (Phi) is 5.19. The minimum absolute atomic E-state index is 0.0879. The number of halogens is 1. The lowest BCUT2D eigenvalue weighted by atomic mass is 9.59. The first-order chi connectivity index (χ1) is 17.0. The van der Waals surface area contributed by atoms with E-state index in [4.69, 9.17) is 21.1 Å². The van der Waals surface area contributed by atoms with E-state index in [-0.39, 0.29) is 23.7 Å². The van der Waals surface area contributed by atoms with E-state index >= 15 is 0 Å². The Bertz CT molecular complexity index is 1520. The molecule has 0 aromatic heterocycles. The smallest absolute Gasteiger partial charge is 0.335 e. The first-order valence-electron chi connectivity index (χ1n) is 11.5. The van der Waals surface area contributed by atoms with Crippen molar-refractivity contribution in [2.75, 3.05) is 0 Å².